The van der Waals surface area contributed by atoms with E-state index in [1.807, 2.05) is 54.6 Å². The van der Waals surface area contributed by atoms with E-state index in [1.165, 1.54) is 0 Å². The summed E-state index contributed by atoms with van der Waals surface area (Å²) in [5.74, 6) is 2.45. The minimum atomic E-state index is -1.09. The zero-order chi connectivity index (χ0) is 23.5. The van der Waals surface area contributed by atoms with Gasteiger partial charge < -0.3 is 10.5 Å². The van der Waals surface area contributed by atoms with E-state index in [1.54, 1.807) is 23.5 Å². The third-order valence-electron chi connectivity index (χ3n) is 6.39. The van der Waals surface area contributed by atoms with Gasteiger partial charge in [-0.15, -0.1) is 23.5 Å². The normalized spacial score (nSPS) is 26.5. The second-order valence-corrected chi connectivity index (χ2v) is 11.2. The highest BCUT2D eigenvalue weighted by Crippen LogP contribution is 2.85. The Hall–Kier alpha value is -2.61. The van der Waals surface area contributed by atoms with Crippen LogP contribution in [0, 0.1) is 33.5 Å². The first-order chi connectivity index (χ1) is 16.0. The number of amidine groups is 1. The molecule has 1 saturated carbocycles. The summed E-state index contributed by atoms with van der Waals surface area (Å²) < 4.78 is 5.16. The highest BCUT2D eigenvalue weighted by atomic mass is 32.2. The molecule has 2 aliphatic rings. The summed E-state index contributed by atoms with van der Waals surface area (Å²) in [6, 6.07) is 22.8. The van der Waals surface area contributed by atoms with Crippen LogP contribution in [0.3, 0.4) is 0 Å². The molecule has 3 atom stereocenters. The number of nitriles is 2. The van der Waals surface area contributed by atoms with Crippen LogP contribution in [0.2, 0.25) is 0 Å². The van der Waals surface area contributed by atoms with Crippen LogP contribution in [0.5, 0.6) is 5.75 Å². The largest absolute Gasteiger partial charge is 0.489 e. The van der Waals surface area contributed by atoms with Crippen LogP contribution in [0.15, 0.2) is 59.6 Å². The van der Waals surface area contributed by atoms with Crippen molar-refractivity contribution in [3.05, 3.63) is 65.7 Å². The third kappa shape index (κ3) is 3.50. The maximum absolute atomic E-state index is 10.5. The Labute approximate surface area is 204 Å². The average Bonchev–Trinajstić information content (AvgIpc) is 3.44. The first-order valence-corrected chi connectivity index (χ1v) is 13.2. The van der Waals surface area contributed by atoms with Crippen LogP contribution in [0.4, 0.5) is 0 Å². The highest BCUT2D eigenvalue weighted by Gasteiger charge is 2.91. The predicted molar refractivity (Wildman–Crippen MR) is 136 cm³/mol. The molecule has 4 rings (SSSR count). The van der Waals surface area contributed by atoms with E-state index in [0.29, 0.717) is 12.4 Å². The fourth-order valence-corrected chi connectivity index (χ4v) is 8.06. The third-order valence-corrected chi connectivity index (χ3v) is 9.93. The van der Waals surface area contributed by atoms with Crippen molar-refractivity contribution < 1.29 is 4.74 Å². The molecular formula is C26H28N4OS2. The van der Waals surface area contributed by atoms with Crippen molar-refractivity contribution in [2.24, 2.45) is 21.6 Å². The standard InChI is InChI=1S/C26H28N4OS2/c1-3-14-32-26(33-15-4-2)25(18-28)22(24(25,17-27)23(29)30-26)20-10-12-21(13-11-20)31-16-19-8-6-5-7-9-19/h5-13,22H,3-4,14-16H2,1-2H3,(H2,29,30)/t22-,24+,25+/m1/s1. The van der Waals surface area contributed by atoms with Crippen LogP contribution >= 0.6 is 23.5 Å². The minimum Gasteiger partial charge on any atom is -0.489 e. The topological polar surface area (TPSA) is 95.2 Å². The average molecular weight is 477 g/mol. The van der Waals surface area contributed by atoms with Gasteiger partial charge in [-0.25, -0.2) is 4.99 Å². The van der Waals surface area contributed by atoms with E-state index >= 15 is 0 Å². The zero-order valence-electron chi connectivity index (χ0n) is 19.0. The van der Waals surface area contributed by atoms with E-state index in [2.05, 4.69) is 26.0 Å². The van der Waals surface area contributed by atoms with Crippen molar-refractivity contribution in [1.82, 2.24) is 0 Å². The Morgan fingerprint density at radius 3 is 2.15 bits per heavy atom. The van der Waals surface area contributed by atoms with Gasteiger partial charge in [0.15, 0.2) is 4.20 Å². The second-order valence-electron chi connectivity index (χ2n) is 8.39. The smallest absolute Gasteiger partial charge is 0.175 e. The fraction of sp³-hybridized carbons (Fsp3) is 0.423. The van der Waals surface area contributed by atoms with Crippen LogP contribution in [-0.4, -0.2) is 21.5 Å². The summed E-state index contributed by atoms with van der Waals surface area (Å²) in [6.07, 6.45) is 1.93. The number of nitrogens with two attached hydrogens (primary N) is 1. The van der Waals surface area contributed by atoms with Gasteiger partial charge in [0.05, 0.1) is 12.1 Å². The number of rotatable bonds is 10. The van der Waals surface area contributed by atoms with Gasteiger partial charge in [0.1, 0.15) is 29.0 Å². The summed E-state index contributed by atoms with van der Waals surface area (Å²) >= 11 is 3.33. The number of ether oxygens (including phenoxy) is 1. The SMILES string of the molecule is CCCSC1(SCCC)N=C(N)[C@]2(C#N)[C@@H](c3ccc(OCc4ccccc4)cc3)[C@]12C#N. The van der Waals surface area contributed by atoms with Gasteiger partial charge in [-0.1, -0.05) is 56.3 Å². The summed E-state index contributed by atoms with van der Waals surface area (Å²) in [5, 5.41) is 20.8. The molecule has 1 aliphatic carbocycles. The Morgan fingerprint density at radius 1 is 0.970 bits per heavy atom. The van der Waals surface area contributed by atoms with Gasteiger partial charge in [-0.3, -0.25) is 0 Å². The van der Waals surface area contributed by atoms with Crippen LogP contribution in [-0.2, 0) is 6.61 Å². The molecule has 0 saturated heterocycles. The van der Waals surface area contributed by atoms with Gasteiger partial charge in [0.25, 0.3) is 0 Å². The number of nitrogens with zero attached hydrogens (tertiary/aromatic N) is 3. The predicted octanol–water partition coefficient (Wildman–Crippen LogP) is 5.69. The molecule has 1 fully saturated rings. The molecule has 170 valence electrons. The maximum Gasteiger partial charge on any atom is 0.175 e. The molecule has 0 aromatic heterocycles. The van der Waals surface area contributed by atoms with Gasteiger partial charge in [0.2, 0.25) is 0 Å². The molecule has 5 nitrogen and oxygen atoms in total. The molecule has 0 radical (unpaired) electrons. The summed E-state index contributed by atoms with van der Waals surface area (Å²) in [6.45, 7) is 4.71. The molecule has 0 bridgehead atoms. The molecule has 0 amide bonds. The van der Waals surface area contributed by atoms with Crippen molar-refractivity contribution in [3.63, 3.8) is 0 Å². The van der Waals surface area contributed by atoms with Crippen LogP contribution in [0.1, 0.15) is 43.7 Å². The molecular weight excluding hydrogens is 448 g/mol. The zero-order valence-corrected chi connectivity index (χ0v) is 20.6. The molecule has 33 heavy (non-hydrogen) atoms. The van der Waals surface area contributed by atoms with Gasteiger partial charge in [-0.2, -0.15) is 10.5 Å². The monoisotopic (exact) mass is 476 g/mol. The molecule has 2 aromatic carbocycles. The molecule has 7 heteroatoms. The minimum absolute atomic E-state index is 0.299. The highest BCUT2D eigenvalue weighted by molar-refractivity contribution is 8.18. The van der Waals surface area contributed by atoms with E-state index < -0.39 is 15.0 Å². The van der Waals surface area contributed by atoms with Gasteiger partial charge in [-0.05, 0) is 47.6 Å². The molecule has 2 aromatic rings. The summed E-state index contributed by atoms with van der Waals surface area (Å²) in [5.41, 5.74) is 6.40. The van der Waals surface area contributed by atoms with Crippen molar-refractivity contribution >= 4 is 29.4 Å². The summed E-state index contributed by atoms with van der Waals surface area (Å²) in [7, 11) is 0. The quantitative estimate of drug-likeness (QED) is 0.442. The van der Waals surface area contributed by atoms with E-state index in [9.17, 15) is 10.5 Å². The van der Waals surface area contributed by atoms with Crippen molar-refractivity contribution in [2.75, 3.05) is 11.5 Å². The number of hydrogen-bond acceptors (Lipinski definition) is 7. The Balaban J connectivity index is 1.64. The van der Waals surface area contributed by atoms with Gasteiger partial charge >= 0.3 is 0 Å². The van der Waals surface area contributed by atoms with Crippen molar-refractivity contribution in [1.29, 1.82) is 10.5 Å². The van der Waals surface area contributed by atoms with Gasteiger partial charge in [0, 0.05) is 5.92 Å². The maximum atomic E-state index is 10.5. The summed E-state index contributed by atoms with van der Waals surface area (Å²) in [4.78, 5) is 4.82. The Bertz CT molecular complexity index is 1100. The lowest BCUT2D eigenvalue weighted by atomic mass is 9.97. The first kappa shape index (κ1) is 23.5. The Morgan fingerprint density at radius 2 is 1.61 bits per heavy atom. The van der Waals surface area contributed by atoms with Crippen LogP contribution < -0.4 is 10.5 Å². The fourth-order valence-electron chi connectivity index (χ4n) is 4.84. The lowest BCUT2D eigenvalue weighted by Gasteiger charge is -2.32. The molecule has 1 aliphatic heterocycles. The number of thioether (sulfide) groups is 2. The first-order valence-electron chi connectivity index (χ1n) is 11.3. The van der Waals surface area contributed by atoms with E-state index in [0.717, 1.165) is 41.2 Å². The second kappa shape index (κ2) is 9.33. The number of fused-ring (bicyclic) bond motifs is 1. The van der Waals surface area contributed by atoms with E-state index in [-0.39, 0.29) is 5.92 Å². The molecule has 0 unspecified atom stereocenters. The number of benzene rings is 2. The number of aliphatic imine (C=N–C) groups is 1. The van der Waals surface area contributed by atoms with Crippen LogP contribution in [0.25, 0.3) is 0 Å². The lowest BCUT2D eigenvalue weighted by Crippen LogP contribution is -2.32. The molecule has 0 spiro atoms. The van der Waals surface area contributed by atoms with Crippen molar-refractivity contribution in [3.8, 4) is 17.9 Å². The molecule has 2 N–H and O–H groups in total. The Kier molecular flexibility index (Phi) is 6.66. The number of hydrogen-bond donors (Lipinski definition) is 1. The van der Waals surface area contributed by atoms with E-state index in [4.69, 9.17) is 15.5 Å². The molecule has 1 heterocycles. The van der Waals surface area contributed by atoms with Crippen molar-refractivity contribution in [2.45, 2.75) is 43.4 Å². The lowest BCUT2D eigenvalue weighted by molar-refractivity contribution is 0.306.